The van der Waals surface area contributed by atoms with Crippen LogP contribution in [0.3, 0.4) is 0 Å². The van der Waals surface area contributed by atoms with Gasteiger partial charge in [-0.15, -0.1) is 0 Å². The Kier molecular flexibility index (Phi) is 7.42. The number of hydrogen-bond donors (Lipinski definition) is 2. The van der Waals surface area contributed by atoms with E-state index in [1.165, 1.54) is 14.0 Å². The van der Waals surface area contributed by atoms with E-state index in [9.17, 15) is 14.4 Å². The lowest BCUT2D eigenvalue weighted by atomic mass is 10.1. The van der Waals surface area contributed by atoms with Gasteiger partial charge in [0.1, 0.15) is 17.7 Å². The third-order valence-corrected chi connectivity index (χ3v) is 3.20. The molecule has 25 heavy (non-hydrogen) atoms. The normalized spacial score (nSPS) is 13.3. The average molecular weight is 350 g/mol. The molecule has 0 fully saturated rings. The fourth-order valence-electron chi connectivity index (χ4n) is 2.06. The molecule has 0 bridgehead atoms. The van der Waals surface area contributed by atoms with Crippen molar-refractivity contribution in [3.63, 3.8) is 0 Å². The zero-order chi connectivity index (χ0) is 19.0. The summed E-state index contributed by atoms with van der Waals surface area (Å²) in [4.78, 5) is 36.0. The lowest BCUT2D eigenvalue weighted by Crippen LogP contribution is -2.52. The molecule has 138 valence electrons. The van der Waals surface area contributed by atoms with Crippen LogP contribution in [-0.2, 0) is 25.5 Å². The van der Waals surface area contributed by atoms with E-state index in [4.69, 9.17) is 4.74 Å². The van der Waals surface area contributed by atoms with Crippen LogP contribution < -0.4 is 10.6 Å². The minimum absolute atomic E-state index is 0.264. The summed E-state index contributed by atoms with van der Waals surface area (Å²) in [7, 11) is 1.24. The van der Waals surface area contributed by atoms with Gasteiger partial charge in [0.05, 0.1) is 7.11 Å². The van der Waals surface area contributed by atoms with Gasteiger partial charge in [-0.3, -0.25) is 4.79 Å². The zero-order valence-electron chi connectivity index (χ0n) is 15.3. The van der Waals surface area contributed by atoms with E-state index in [0.29, 0.717) is 0 Å². The number of alkyl carbamates (subject to hydrolysis) is 1. The van der Waals surface area contributed by atoms with E-state index in [1.807, 2.05) is 30.3 Å². The SMILES string of the molecule is COC(=O)[C@H](C)NC(=O)[C@H](Cc1ccccc1)NC(=O)OC(C)(C)C. The van der Waals surface area contributed by atoms with Gasteiger partial charge in [0.2, 0.25) is 5.91 Å². The summed E-state index contributed by atoms with van der Waals surface area (Å²) in [5.41, 5.74) is 0.182. The first kappa shape index (κ1) is 20.5. The number of rotatable bonds is 6. The summed E-state index contributed by atoms with van der Waals surface area (Å²) in [5, 5.41) is 5.09. The van der Waals surface area contributed by atoms with Crippen LogP contribution in [0.2, 0.25) is 0 Å². The molecule has 1 aromatic rings. The molecular weight excluding hydrogens is 324 g/mol. The third kappa shape index (κ3) is 7.69. The fraction of sp³-hybridized carbons (Fsp3) is 0.500. The first-order valence-electron chi connectivity index (χ1n) is 8.04. The largest absolute Gasteiger partial charge is 0.467 e. The van der Waals surface area contributed by atoms with Gasteiger partial charge in [0.15, 0.2) is 0 Å². The van der Waals surface area contributed by atoms with Crippen LogP contribution in [0.4, 0.5) is 4.79 Å². The molecule has 0 radical (unpaired) electrons. The van der Waals surface area contributed by atoms with E-state index < -0.39 is 35.7 Å². The second-order valence-corrected chi connectivity index (χ2v) is 6.64. The second kappa shape index (κ2) is 9.05. The molecule has 1 rings (SSSR count). The average Bonchev–Trinajstić information content (AvgIpc) is 2.52. The number of benzene rings is 1. The summed E-state index contributed by atoms with van der Waals surface area (Å²) < 4.78 is 9.80. The number of methoxy groups -OCH3 is 1. The molecule has 1 aromatic carbocycles. The smallest absolute Gasteiger partial charge is 0.408 e. The number of carbonyl (C=O) groups is 3. The van der Waals surface area contributed by atoms with Gasteiger partial charge in [0, 0.05) is 6.42 Å². The maximum Gasteiger partial charge on any atom is 0.408 e. The van der Waals surface area contributed by atoms with E-state index in [-0.39, 0.29) is 6.42 Å². The maximum absolute atomic E-state index is 12.5. The number of esters is 1. The van der Waals surface area contributed by atoms with Crippen LogP contribution in [0, 0.1) is 0 Å². The molecule has 0 saturated heterocycles. The van der Waals surface area contributed by atoms with Gasteiger partial charge in [-0.25, -0.2) is 9.59 Å². The first-order chi connectivity index (χ1) is 11.6. The molecule has 0 unspecified atom stereocenters. The fourth-order valence-corrected chi connectivity index (χ4v) is 2.06. The van der Waals surface area contributed by atoms with Crippen LogP contribution in [0.15, 0.2) is 30.3 Å². The minimum atomic E-state index is -0.885. The van der Waals surface area contributed by atoms with E-state index in [0.717, 1.165) is 5.56 Å². The lowest BCUT2D eigenvalue weighted by molar-refractivity contribution is -0.144. The van der Waals surface area contributed by atoms with Crippen molar-refractivity contribution in [2.24, 2.45) is 0 Å². The second-order valence-electron chi connectivity index (χ2n) is 6.64. The van der Waals surface area contributed by atoms with Gasteiger partial charge in [-0.05, 0) is 33.3 Å². The highest BCUT2D eigenvalue weighted by molar-refractivity contribution is 5.89. The standard InChI is InChI=1S/C18H26N2O5/c1-12(16(22)24-5)19-15(21)14(11-13-9-7-6-8-10-13)20-17(23)25-18(2,3)4/h6-10,12,14H,11H2,1-5H3,(H,19,21)(H,20,23)/t12-,14-/m0/s1. The van der Waals surface area contributed by atoms with Crippen molar-refractivity contribution in [3.05, 3.63) is 35.9 Å². The van der Waals surface area contributed by atoms with Gasteiger partial charge >= 0.3 is 12.1 Å². The molecule has 0 heterocycles. The number of hydrogen-bond acceptors (Lipinski definition) is 5. The molecule has 2 N–H and O–H groups in total. The molecule has 0 aliphatic carbocycles. The van der Waals surface area contributed by atoms with Crippen molar-refractivity contribution in [2.45, 2.75) is 51.8 Å². The molecule has 0 saturated carbocycles. The minimum Gasteiger partial charge on any atom is -0.467 e. The van der Waals surface area contributed by atoms with Gasteiger partial charge in [0.25, 0.3) is 0 Å². The molecule has 0 spiro atoms. The highest BCUT2D eigenvalue weighted by atomic mass is 16.6. The first-order valence-corrected chi connectivity index (χ1v) is 8.04. The maximum atomic E-state index is 12.5. The molecular formula is C18H26N2O5. The topological polar surface area (TPSA) is 93.7 Å². The Labute approximate surface area is 148 Å². The summed E-state index contributed by atoms with van der Waals surface area (Å²) in [6.07, 6.45) is -0.436. The summed E-state index contributed by atoms with van der Waals surface area (Å²) in [6, 6.07) is 7.53. The molecule has 7 nitrogen and oxygen atoms in total. The number of carbonyl (C=O) groups excluding carboxylic acids is 3. The van der Waals surface area contributed by atoms with E-state index >= 15 is 0 Å². The van der Waals surface area contributed by atoms with Gasteiger partial charge in [-0.1, -0.05) is 30.3 Å². The molecule has 2 amide bonds. The molecule has 0 aliphatic heterocycles. The highest BCUT2D eigenvalue weighted by Gasteiger charge is 2.27. The number of amides is 2. The van der Waals surface area contributed by atoms with Crippen molar-refractivity contribution < 1.29 is 23.9 Å². The highest BCUT2D eigenvalue weighted by Crippen LogP contribution is 2.09. The Morgan fingerprint density at radius 3 is 2.20 bits per heavy atom. The Morgan fingerprint density at radius 1 is 1.08 bits per heavy atom. The summed E-state index contributed by atoms with van der Waals surface area (Å²) in [5.74, 6) is -1.06. The van der Waals surface area contributed by atoms with Crippen molar-refractivity contribution in [3.8, 4) is 0 Å². The predicted octanol–water partition coefficient (Wildman–Crippen LogP) is 1.80. The van der Waals surface area contributed by atoms with E-state index in [2.05, 4.69) is 15.4 Å². The van der Waals surface area contributed by atoms with Crippen LogP contribution in [-0.4, -0.2) is 42.8 Å². The molecule has 0 aliphatic rings. The quantitative estimate of drug-likeness (QED) is 0.763. The van der Waals surface area contributed by atoms with Crippen molar-refractivity contribution in [2.75, 3.05) is 7.11 Å². The van der Waals surface area contributed by atoms with Crippen LogP contribution >= 0.6 is 0 Å². The van der Waals surface area contributed by atoms with Crippen molar-refractivity contribution in [1.29, 1.82) is 0 Å². The monoisotopic (exact) mass is 350 g/mol. The van der Waals surface area contributed by atoms with Gasteiger partial charge in [-0.2, -0.15) is 0 Å². The van der Waals surface area contributed by atoms with E-state index in [1.54, 1.807) is 20.8 Å². The predicted molar refractivity (Wildman–Crippen MR) is 92.9 cm³/mol. The van der Waals surface area contributed by atoms with Crippen molar-refractivity contribution >= 4 is 18.0 Å². The summed E-state index contributed by atoms with van der Waals surface area (Å²) in [6.45, 7) is 6.71. The number of ether oxygens (including phenoxy) is 2. The molecule has 7 heteroatoms. The van der Waals surface area contributed by atoms with Crippen LogP contribution in [0.25, 0.3) is 0 Å². The number of nitrogens with one attached hydrogen (secondary N) is 2. The Bertz CT molecular complexity index is 595. The Hall–Kier alpha value is -2.57. The van der Waals surface area contributed by atoms with Crippen molar-refractivity contribution in [1.82, 2.24) is 10.6 Å². The molecule has 0 aromatic heterocycles. The Morgan fingerprint density at radius 2 is 1.68 bits per heavy atom. The zero-order valence-corrected chi connectivity index (χ0v) is 15.3. The third-order valence-electron chi connectivity index (χ3n) is 3.20. The lowest BCUT2D eigenvalue weighted by Gasteiger charge is -2.24. The van der Waals surface area contributed by atoms with Crippen LogP contribution in [0.5, 0.6) is 0 Å². The van der Waals surface area contributed by atoms with Crippen LogP contribution in [0.1, 0.15) is 33.3 Å². The molecule has 2 atom stereocenters. The van der Waals surface area contributed by atoms with Gasteiger partial charge < -0.3 is 20.1 Å². The Balaban J connectivity index is 2.84. The summed E-state index contributed by atoms with van der Waals surface area (Å²) >= 11 is 0.